The van der Waals surface area contributed by atoms with Crippen LogP contribution < -0.4 is 0 Å². The number of aromatic nitrogens is 6. The van der Waals surface area contributed by atoms with E-state index in [1.54, 1.807) is 30.6 Å². The molecule has 4 rings (SSSR count). The Kier molecular flexibility index (Phi) is 5.12. The smallest absolute Gasteiger partial charge is 0.247 e. The molecule has 0 spiro atoms. The van der Waals surface area contributed by atoms with Gasteiger partial charge < -0.3 is 8.98 Å². The van der Waals surface area contributed by atoms with Crippen LogP contribution in [0.4, 0.5) is 0 Å². The van der Waals surface area contributed by atoms with Crippen molar-refractivity contribution in [1.82, 2.24) is 29.9 Å². The number of benzene rings is 1. The van der Waals surface area contributed by atoms with Gasteiger partial charge in [0, 0.05) is 30.1 Å². The highest BCUT2D eigenvalue weighted by molar-refractivity contribution is 7.98. The Morgan fingerprint density at radius 1 is 1.07 bits per heavy atom. The van der Waals surface area contributed by atoms with Crippen LogP contribution in [-0.4, -0.2) is 29.9 Å². The number of rotatable bonds is 6. The second-order valence-electron chi connectivity index (χ2n) is 5.77. The molecule has 0 fully saturated rings. The zero-order valence-electron chi connectivity index (χ0n) is 15.0. The van der Waals surface area contributed by atoms with Gasteiger partial charge in [0.2, 0.25) is 11.8 Å². The minimum absolute atomic E-state index is 0.391. The maximum absolute atomic E-state index is 9.02. The quantitative estimate of drug-likeness (QED) is 0.461. The van der Waals surface area contributed by atoms with E-state index in [9.17, 15) is 0 Å². The summed E-state index contributed by atoms with van der Waals surface area (Å²) in [5.41, 5.74) is 2.24. The molecule has 138 valence electrons. The van der Waals surface area contributed by atoms with Crippen LogP contribution in [-0.2, 0) is 12.3 Å². The third kappa shape index (κ3) is 3.63. The topological polar surface area (TPSA) is 106 Å². The van der Waals surface area contributed by atoms with Crippen molar-refractivity contribution in [2.75, 3.05) is 0 Å². The highest BCUT2D eigenvalue weighted by atomic mass is 32.2. The van der Waals surface area contributed by atoms with Crippen LogP contribution in [0.15, 0.2) is 58.4 Å². The number of pyridine rings is 1. The lowest BCUT2D eigenvalue weighted by Gasteiger charge is -2.06. The van der Waals surface area contributed by atoms with Gasteiger partial charge in [-0.25, -0.2) is 0 Å². The SMILES string of the molecule is CCn1c(SCc2nnc(-c3cccc(C#N)c3)o2)nnc1-c1ccncc1. The molecule has 0 atom stereocenters. The number of nitrogens with zero attached hydrogens (tertiary/aromatic N) is 7. The summed E-state index contributed by atoms with van der Waals surface area (Å²) in [5.74, 6) is 2.15. The molecule has 0 aliphatic heterocycles. The van der Waals surface area contributed by atoms with E-state index in [1.807, 2.05) is 29.7 Å². The summed E-state index contributed by atoms with van der Waals surface area (Å²) in [5, 5.41) is 26.6. The Labute approximate surface area is 165 Å². The number of nitriles is 1. The Bertz CT molecular complexity index is 1130. The van der Waals surface area contributed by atoms with Gasteiger partial charge in [0.05, 0.1) is 17.4 Å². The van der Waals surface area contributed by atoms with Crippen LogP contribution >= 0.6 is 11.8 Å². The molecule has 8 nitrogen and oxygen atoms in total. The van der Waals surface area contributed by atoms with Gasteiger partial charge in [-0.3, -0.25) is 4.98 Å². The van der Waals surface area contributed by atoms with E-state index in [0.29, 0.717) is 23.1 Å². The standard InChI is InChI=1S/C19H15N7OS/c1-2-26-17(14-6-8-21-9-7-14)23-25-19(26)28-12-16-22-24-18(27-16)15-5-3-4-13(10-15)11-20/h3-10H,2,12H2,1H3. The van der Waals surface area contributed by atoms with E-state index in [2.05, 4.69) is 31.4 Å². The van der Waals surface area contributed by atoms with E-state index in [4.69, 9.17) is 9.68 Å². The summed E-state index contributed by atoms with van der Waals surface area (Å²) in [7, 11) is 0. The maximum atomic E-state index is 9.02. The summed E-state index contributed by atoms with van der Waals surface area (Å²) in [4.78, 5) is 4.04. The van der Waals surface area contributed by atoms with E-state index in [0.717, 1.165) is 28.7 Å². The van der Waals surface area contributed by atoms with E-state index >= 15 is 0 Å². The average molecular weight is 389 g/mol. The molecular weight excluding hydrogens is 374 g/mol. The summed E-state index contributed by atoms with van der Waals surface area (Å²) in [6.07, 6.45) is 3.47. The minimum Gasteiger partial charge on any atom is -0.420 e. The highest BCUT2D eigenvalue weighted by Crippen LogP contribution is 2.27. The summed E-state index contributed by atoms with van der Waals surface area (Å²) in [6.45, 7) is 2.79. The predicted octanol–water partition coefficient (Wildman–Crippen LogP) is 3.57. The number of hydrogen-bond acceptors (Lipinski definition) is 8. The molecule has 0 unspecified atom stereocenters. The molecule has 1 aromatic carbocycles. The second kappa shape index (κ2) is 8.02. The fraction of sp³-hybridized carbons (Fsp3) is 0.158. The van der Waals surface area contributed by atoms with Crippen LogP contribution in [0.1, 0.15) is 18.4 Å². The van der Waals surface area contributed by atoms with Crippen LogP contribution in [0, 0.1) is 11.3 Å². The van der Waals surface area contributed by atoms with Crippen molar-refractivity contribution in [3.8, 4) is 28.9 Å². The summed E-state index contributed by atoms with van der Waals surface area (Å²) < 4.78 is 7.77. The van der Waals surface area contributed by atoms with Crippen LogP contribution in [0.2, 0.25) is 0 Å². The molecule has 0 amide bonds. The van der Waals surface area contributed by atoms with Crippen molar-refractivity contribution < 1.29 is 4.42 Å². The van der Waals surface area contributed by atoms with Gasteiger partial charge in [0.1, 0.15) is 0 Å². The van der Waals surface area contributed by atoms with Gasteiger partial charge >= 0.3 is 0 Å². The molecule has 4 aromatic rings. The summed E-state index contributed by atoms with van der Waals surface area (Å²) >= 11 is 1.48. The summed E-state index contributed by atoms with van der Waals surface area (Å²) in [6, 6.07) is 13.0. The van der Waals surface area contributed by atoms with Crippen molar-refractivity contribution in [2.45, 2.75) is 24.4 Å². The zero-order chi connectivity index (χ0) is 19.3. The Morgan fingerprint density at radius 2 is 1.93 bits per heavy atom. The molecule has 0 saturated carbocycles. The molecule has 0 bridgehead atoms. The maximum Gasteiger partial charge on any atom is 0.247 e. The van der Waals surface area contributed by atoms with Crippen molar-refractivity contribution in [3.63, 3.8) is 0 Å². The van der Waals surface area contributed by atoms with E-state index in [-0.39, 0.29) is 0 Å². The van der Waals surface area contributed by atoms with Crippen molar-refractivity contribution >= 4 is 11.8 Å². The predicted molar refractivity (Wildman–Crippen MR) is 103 cm³/mol. The minimum atomic E-state index is 0.391. The first kappa shape index (κ1) is 17.9. The van der Waals surface area contributed by atoms with Crippen LogP contribution in [0.3, 0.4) is 0 Å². The van der Waals surface area contributed by atoms with Crippen molar-refractivity contribution in [2.24, 2.45) is 0 Å². The first-order chi connectivity index (χ1) is 13.8. The first-order valence-corrected chi connectivity index (χ1v) is 9.56. The molecule has 3 aromatic heterocycles. The van der Waals surface area contributed by atoms with Crippen molar-refractivity contribution in [1.29, 1.82) is 5.26 Å². The van der Waals surface area contributed by atoms with Gasteiger partial charge in [0.25, 0.3) is 0 Å². The molecule has 9 heteroatoms. The van der Waals surface area contributed by atoms with Gasteiger partial charge in [-0.15, -0.1) is 20.4 Å². The van der Waals surface area contributed by atoms with Crippen LogP contribution in [0.5, 0.6) is 0 Å². The largest absolute Gasteiger partial charge is 0.420 e. The van der Waals surface area contributed by atoms with Gasteiger partial charge in [-0.1, -0.05) is 17.8 Å². The highest BCUT2D eigenvalue weighted by Gasteiger charge is 2.15. The Morgan fingerprint density at radius 3 is 2.71 bits per heavy atom. The molecule has 0 saturated heterocycles. The molecule has 3 heterocycles. The molecular formula is C19H15N7OS. The zero-order valence-corrected chi connectivity index (χ0v) is 15.8. The monoisotopic (exact) mass is 389 g/mol. The normalized spacial score (nSPS) is 10.7. The van der Waals surface area contributed by atoms with Gasteiger partial charge in [-0.05, 0) is 37.3 Å². The molecule has 0 radical (unpaired) electrons. The number of hydrogen-bond donors (Lipinski definition) is 0. The van der Waals surface area contributed by atoms with Crippen LogP contribution in [0.25, 0.3) is 22.8 Å². The van der Waals surface area contributed by atoms with Gasteiger partial charge in [-0.2, -0.15) is 5.26 Å². The lowest BCUT2D eigenvalue weighted by molar-refractivity contribution is 0.528. The lowest BCUT2D eigenvalue weighted by Crippen LogP contribution is -2.00. The first-order valence-electron chi connectivity index (χ1n) is 8.57. The van der Waals surface area contributed by atoms with E-state index < -0.39 is 0 Å². The van der Waals surface area contributed by atoms with Crippen molar-refractivity contribution in [3.05, 3.63) is 60.2 Å². The third-order valence-corrected chi connectivity index (χ3v) is 4.95. The fourth-order valence-corrected chi connectivity index (χ4v) is 3.51. The Balaban J connectivity index is 1.51. The molecule has 28 heavy (non-hydrogen) atoms. The Hall–Kier alpha value is -3.51. The average Bonchev–Trinajstić information content (AvgIpc) is 3.39. The molecule has 0 aliphatic rings. The molecule has 0 N–H and O–H groups in total. The second-order valence-corrected chi connectivity index (χ2v) is 6.71. The lowest BCUT2D eigenvalue weighted by atomic mass is 10.1. The molecule has 0 aliphatic carbocycles. The van der Waals surface area contributed by atoms with Gasteiger partial charge in [0.15, 0.2) is 11.0 Å². The number of thioether (sulfide) groups is 1. The third-order valence-electron chi connectivity index (χ3n) is 4.00. The van der Waals surface area contributed by atoms with E-state index in [1.165, 1.54) is 11.8 Å². The fourth-order valence-electron chi connectivity index (χ4n) is 2.67.